The smallest absolute Gasteiger partial charge is 0.333 e. The summed E-state index contributed by atoms with van der Waals surface area (Å²) in [4.78, 5) is 41.9. The first-order valence-electron chi connectivity index (χ1n) is 12.2. The number of H-pyrrole nitrogens is 1. The van der Waals surface area contributed by atoms with Crippen LogP contribution >= 0.6 is 46.4 Å². The lowest BCUT2D eigenvalue weighted by atomic mass is 9.98. The third-order valence-electron chi connectivity index (χ3n) is 5.89. The number of ether oxygens (including phenoxy) is 1. The van der Waals surface area contributed by atoms with E-state index in [1.165, 1.54) is 24.1 Å². The molecule has 2 amide bonds. The lowest BCUT2D eigenvalue weighted by Crippen LogP contribution is -2.36. The van der Waals surface area contributed by atoms with Crippen molar-refractivity contribution in [2.45, 2.75) is 32.6 Å². The molecule has 3 N–H and O–H groups in total. The van der Waals surface area contributed by atoms with Gasteiger partial charge in [-0.05, 0) is 55.7 Å². The van der Waals surface area contributed by atoms with E-state index in [0.29, 0.717) is 46.1 Å². The van der Waals surface area contributed by atoms with Crippen LogP contribution in [0.3, 0.4) is 0 Å². The van der Waals surface area contributed by atoms with Crippen LogP contribution in [0.1, 0.15) is 37.4 Å². The fourth-order valence-electron chi connectivity index (χ4n) is 4.07. The van der Waals surface area contributed by atoms with Gasteiger partial charge < -0.3 is 10.1 Å². The van der Waals surface area contributed by atoms with Crippen molar-refractivity contribution in [1.29, 1.82) is 0 Å². The molecule has 0 radical (unpaired) electrons. The molecule has 0 spiro atoms. The number of carbonyl (C=O) groups excluding carboxylic acids is 3. The van der Waals surface area contributed by atoms with Gasteiger partial charge in [0.25, 0.3) is 5.91 Å². The lowest BCUT2D eigenvalue weighted by Gasteiger charge is -2.19. The number of hydrogen-bond acceptors (Lipinski definition) is 6. The Kier molecular flexibility index (Phi) is 9.60. The molecule has 1 aliphatic heterocycles. The molecule has 41 heavy (non-hydrogen) atoms. The van der Waals surface area contributed by atoms with Gasteiger partial charge in [0.05, 0.1) is 39.3 Å². The van der Waals surface area contributed by atoms with E-state index in [1.807, 2.05) is 0 Å². The lowest BCUT2D eigenvalue weighted by molar-refractivity contribution is -0.139. The molecule has 0 aliphatic carbocycles. The monoisotopic (exact) mass is 636 g/mol. The molecular weight excluding hydrogens is 614 g/mol. The molecule has 14 heteroatoms. The van der Waals surface area contributed by atoms with Gasteiger partial charge in [0, 0.05) is 23.2 Å². The van der Waals surface area contributed by atoms with E-state index in [2.05, 4.69) is 32.5 Å². The van der Waals surface area contributed by atoms with Crippen molar-refractivity contribution in [2.24, 2.45) is 4.99 Å². The van der Waals surface area contributed by atoms with E-state index < -0.39 is 17.8 Å². The molecule has 0 saturated carbocycles. The zero-order valence-corrected chi connectivity index (χ0v) is 24.9. The molecule has 10 nitrogen and oxygen atoms in total. The molecule has 3 aromatic rings. The van der Waals surface area contributed by atoms with Gasteiger partial charge in [-0.15, -0.1) is 0 Å². The number of carbonyl (C=O) groups is 3. The summed E-state index contributed by atoms with van der Waals surface area (Å²) >= 11 is 25.4. The Balaban J connectivity index is 1.73. The number of esters is 1. The van der Waals surface area contributed by atoms with Gasteiger partial charge in [-0.3, -0.25) is 20.1 Å². The number of aromatic nitrogens is 2. The highest BCUT2D eigenvalue weighted by molar-refractivity contribution is 6.43. The third-order valence-corrected chi connectivity index (χ3v) is 7.01. The number of rotatable bonds is 9. The summed E-state index contributed by atoms with van der Waals surface area (Å²) in [7, 11) is 0. The first kappa shape index (κ1) is 30.4. The molecule has 1 saturated heterocycles. The summed E-state index contributed by atoms with van der Waals surface area (Å²) in [5.41, 5.74) is 5.42. The topological polar surface area (TPSA) is 129 Å². The molecular formula is C27H24Cl4N6O4. The summed E-state index contributed by atoms with van der Waals surface area (Å²) in [5.74, 6) is -2.00. The number of aliphatic imine (C=N–C) groups is 1. The zero-order chi connectivity index (χ0) is 29.8. The average molecular weight is 638 g/mol. The van der Waals surface area contributed by atoms with E-state index in [1.54, 1.807) is 31.3 Å². The fraction of sp³-hybridized carbons (Fsp3) is 0.222. The van der Waals surface area contributed by atoms with Crippen molar-refractivity contribution in [1.82, 2.24) is 15.6 Å². The molecule has 1 fully saturated rings. The maximum atomic E-state index is 14.0. The van der Waals surface area contributed by atoms with Gasteiger partial charge in [-0.1, -0.05) is 53.0 Å². The minimum atomic E-state index is -0.992. The maximum Gasteiger partial charge on any atom is 0.333 e. The van der Waals surface area contributed by atoms with Gasteiger partial charge in [0.15, 0.2) is 0 Å². The van der Waals surface area contributed by atoms with Crippen LogP contribution in [0.4, 0.5) is 17.1 Å². The Morgan fingerprint density at radius 2 is 1.83 bits per heavy atom. The van der Waals surface area contributed by atoms with E-state index in [9.17, 15) is 14.4 Å². The number of aryl methyl sites for hydroxylation is 1. The highest BCUT2D eigenvalue weighted by Crippen LogP contribution is 2.40. The van der Waals surface area contributed by atoms with Crippen LogP contribution in [-0.4, -0.2) is 40.4 Å². The van der Waals surface area contributed by atoms with Crippen LogP contribution in [0.25, 0.3) is 0 Å². The van der Waals surface area contributed by atoms with E-state index in [-0.39, 0.29) is 39.1 Å². The number of halogens is 4. The minimum absolute atomic E-state index is 0.137. The van der Waals surface area contributed by atoms with Crippen LogP contribution in [0.2, 0.25) is 20.1 Å². The Labute approximate surface area is 255 Å². The van der Waals surface area contributed by atoms with Crippen molar-refractivity contribution in [3.63, 3.8) is 0 Å². The minimum Gasteiger partial charge on any atom is -0.462 e. The van der Waals surface area contributed by atoms with Crippen LogP contribution in [0.5, 0.6) is 0 Å². The summed E-state index contributed by atoms with van der Waals surface area (Å²) in [5, 5.41) is 11.8. The number of amidine groups is 1. The Morgan fingerprint density at radius 1 is 1.12 bits per heavy atom. The third kappa shape index (κ3) is 7.02. The molecule has 1 unspecified atom stereocenters. The number of nitrogens with one attached hydrogen (secondary N) is 3. The molecule has 1 aliphatic rings. The molecule has 0 bridgehead atoms. The predicted octanol–water partition coefficient (Wildman–Crippen LogP) is 6.40. The number of anilines is 2. The second-order valence-electron chi connectivity index (χ2n) is 9.11. The molecule has 1 aromatic heterocycles. The van der Waals surface area contributed by atoms with Crippen LogP contribution in [0.15, 0.2) is 53.7 Å². The fourth-order valence-corrected chi connectivity index (χ4v) is 5.22. The second kappa shape index (κ2) is 12.9. The Morgan fingerprint density at radius 3 is 2.49 bits per heavy atom. The van der Waals surface area contributed by atoms with Crippen molar-refractivity contribution in [2.75, 3.05) is 16.9 Å². The zero-order valence-electron chi connectivity index (χ0n) is 21.9. The standard InChI is InChI=1S/C27H24Cl4N6O4/c1-13(2)27(40)41-8-4-5-15-12-32-35-23(15)22-25(34-21-11-17(33-14(3)38)6-7-18(21)29)36-37(26(22)39)24-19(30)9-16(28)10-20(24)31/h6-7,9-12,22H,1,4-5,8H2,2-3H3,(H,32,35)(H,33,38)(H,34,36). The number of nitrogens with zero attached hydrogens (tertiary/aromatic N) is 3. The number of hydrazine groups is 1. The summed E-state index contributed by atoms with van der Waals surface area (Å²) in [6.45, 7) is 6.67. The normalized spacial score (nSPS) is 15.7. The number of benzene rings is 2. The molecule has 214 valence electrons. The van der Waals surface area contributed by atoms with Gasteiger partial charge in [0.1, 0.15) is 17.4 Å². The summed E-state index contributed by atoms with van der Waals surface area (Å²) < 4.78 is 5.19. The number of amides is 2. The second-order valence-corrected chi connectivity index (χ2v) is 10.8. The summed E-state index contributed by atoms with van der Waals surface area (Å²) in [6, 6.07) is 7.72. The maximum absolute atomic E-state index is 14.0. The van der Waals surface area contributed by atoms with Crippen LogP contribution in [-0.2, 0) is 25.5 Å². The van der Waals surface area contributed by atoms with Gasteiger partial charge >= 0.3 is 5.97 Å². The van der Waals surface area contributed by atoms with Crippen molar-refractivity contribution in [3.05, 3.63) is 80.0 Å². The quantitative estimate of drug-likeness (QED) is 0.141. The van der Waals surface area contributed by atoms with Crippen molar-refractivity contribution < 1.29 is 19.1 Å². The number of aromatic amines is 1. The van der Waals surface area contributed by atoms with Crippen LogP contribution < -0.4 is 15.8 Å². The largest absolute Gasteiger partial charge is 0.462 e. The van der Waals surface area contributed by atoms with Gasteiger partial charge in [0.2, 0.25) is 5.91 Å². The van der Waals surface area contributed by atoms with Crippen molar-refractivity contribution >= 4 is 87.1 Å². The highest BCUT2D eigenvalue weighted by Gasteiger charge is 2.43. The first-order chi connectivity index (χ1) is 19.5. The Hall–Kier alpha value is -3.57. The van der Waals surface area contributed by atoms with E-state index in [4.69, 9.17) is 51.1 Å². The van der Waals surface area contributed by atoms with Gasteiger partial charge in [-0.2, -0.15) is 5.10 Å². The van der Waals surface area contributed by atoms with E-state index in [0.717, 1.165) is 0 Å². The highest BCUT2D eigenvalue weighted by atomic mass is 35.5. The first-order valence-corrected chi connectivity index (χ1v) is 13.7. The molecule has 1 atom stereocenters. The average Bonchev–Trinajstić information content (AvgIpc) is 3.46. The Bertz CT molecular complexity index is 1550. The molecule has 4 rings (SSSR count). The van der Waals surface area contributed by atoms with Crippen molar-refractivity contribution in [3.8, 4) is 0 Å². The number of hydrogen-bond donors (Lipinski definition) is 3. The SMILES string of the molecule is C=C(C)C(=O)OCCCc1cn[nH]c1C1C(=O)N(c2c(Cl)cc(Cl)cc2Cl)NC1=Nc1cc(NC(C)=O)ccc1Cl. The molecule has 2 aromatic carbocycles. The predicted molar refractivity (Wildman–Crippen MR) is 160 cm³/mol. The van der Waals surface area contributed by atoms with Crippen LogP contribution in [0, 0.1) is 0 Å². The van der Waals surface area contributed by atoms with Gasteiger partial charge in [-0.25, -0.2) is 14.8 Å². The summed E-state index contributed by atoms with van der Waals surface area (Å²) in [6.07, 6.45) is 2.50. The molecule has 2 heterocycles. The van der Waals surface area contributed by atoms with E-state index >= 15 is 0 Å².